The van der Waals surface area contributed by atoms with Crippen molar-refractivity contribution in [1.29, 1.82) is 0 Å². The summed E-state index contributed by atoms with van der Waals surface area (Å²) in [6.07, 6.45) is 0. The molecule has 1 aliphatic carbocycles. The molecule has 1 heterocycles. The second-order valence-corrected chi connectivity index (χ2v) is 8.15. The van der Waals surface area contributed by atoms with E-state index in [2.05, 4.69) is 72.8 Å². The predicted molar refractivity (Wildman–Crippen MR) is 119 cm³/mol. The summed E-state index contributed by atoms with van der Waals surface area (Å²) < 4.78 is 0. The van der Waals surface area contributed by atoms with Gasteiger partial charge in [-0.05, 0) is 33.4 Å². The highest BCUT2D eigenvalue weighted by molar-refractivity contribution is 6.06. The number of β-lactam (4-membered cyclic amide) rings is 1. The third-order valence-electron chi connectivity index (χ3n) is 7.01. The van der Waals surface area contributed by atoms with Gasteiger partial charge in [-0.3, -0.25) is 4.79 Å². The first-order valence-corrected chi connectivity index (χ1v) is 10.3. The molecule has 1 amide bonds. The summed E-state index contributed by atoms with van der Waals surface area (Å²) in [5.41, 5.74) is 5.48. The lowest BCUT2D eigenvalue weighted by Gasteiger charge is -2.64. The van der Waals surface area contributed by atoms with E-state index in [9.17, 15) is 4.79 Å². The van der Waals surface area contributed by atoms with E-state index in [0.29, 0.717) is 0 Å². The topological polar surface area (TPSA) is 20.3 Å². The van der Waals surface area contributed by atoms with Crippen LogP contribution in [0.1, 0.15) is 22.3 Å². The first kappa shape index (κ1) is 17.2. The Morgan fingerprint density at radius 1 is 0.567 bits per heavy atom. The second-order valence-electron chi connectivity index (χ2n) is 8.15. The van der Waals surface area contributed by atoms with Gasteiger partial charge < -0.3 is 4.90 Å². The molecule has 0 bridgehead atoms. The third kappa shape index (κ3) is 1.74. The maximum atomic E-state index is 14.0. The number of likely N-dealkylation sites (N-methyl/N-ethyl adjacent to an activating group) is 1. The maximum absolute atomic E-state index is 14.0. The van der Waals surface area contributed by atoms with Crippen LogP contribution in [-0.4, -0.2) is 17.9 Å². The van der Waals surface area contributed by atoms with E-state index in [-0.39, 0.29) is 5.91 Å². The Kier molecular flexibility index (Phi) is 3.41. The van der Waals surface area contributed by atoms with Crippen LogP contribution in [0.2, 0.25) is 0 Å². The van der Waals surface area contributed by atoms with Crippen molar-refractivity contribution in [3.05, 3.63) is 131 Å². The van der Waals surface area contributed by atoms with Gasteiger partial charge in [0.1, 0.15) is 11.0 Å². The number of hydrogen-bond acceptors (Lipinski definition) is 1. The highest BCUT2D eigenvalue weighted by Gasteiger charge is 2.74. The van der Waals surface area contributed by atoms with Crippen molar-refractivity contribution >= 4 is 5.91 Å². The van der Waals surface area contributed by atoms with Gasteiger partial charge in [-0.2, -0.15) is 0 Å². The Morgan fingerprint density at radius 2 is 0.967 bits per heavy atom. The third-order valence-corrected chi connectivity index (χ3v) is 7.01. The summed E-state index contributed by atoms with van der Waals surface area (Å²) in [7, 11) is 1.95. The van der Waals surface area contributed by atoms with Crippen molar-refractivity contribution in [3.8, 4) is 11.1 Å². The lowest BCUT2D eigenvalue weighted by atomic mass is 9.50. The SMILES string of the molecule is CN1C(=O)C(c2ccccc2)(c2ccccc2)C12c1ccccc1-c1ccccc12. The zero-order valence-electron chi connectivity index (χ0n) is 16.7. The number of carbonyl (C=O) groups is 1. The first-order valence-electron chi connectivity index (χ1n) is 10.3. The van der Waals surface area contributed by atoms with E-state index >= 15 is 0 Å². The molecule has 2 nitrogen and oxygen atoms in total. The van der Waals surface area contributed by atoms with Crippen molar-refractivity contribution in [2.45, 2.75) is 11.0 Å². The molecule has 6 rings (SSSR count). The van der Waals surface area contributed by atoms with Gasteiger partial charge in [0.15, 0.2) is 0 Å². The highest BCUT2D eigenvalue weighted by atomic mass is 16.2. The summed E-state index contributed by atoms with van der Waals surface area (Å²) in [5.74, 6) is 0.131. The summed E-state index contributed by atoms with van der Waals surface area (Å²) in [6.45, 7) is 0. The molecule has 4 aromatic carbocycles. The van der Waals surface area contributed by atoms with E-state index < -0.39 is 11.0 Å². The minimum atomic E-state index is -0.813. The fraction of sp³-hybridized carbons (Fsp3) is 0.107. The molecule has 2 aliphatic rings. The minimum Gasteiger partial charge on any atom is -0.329 e. The van der Waals surface area contributed by atoms with Gasteiger partial charge >= 0.3 is 0 Å². The van der Waals surface area contributed by atoms with E-state index in [4.69, 9.17) is 0 Å². The fourth-order valence-electron chi connectivity index (χ4n) is 5.94. The lowest BCUT2D eigenvalue weighted by Crippen LogP contribution is -2.77. The Balaban J connectivity index is 1.81. The van der Waals surface area contributed by atoms with Gasteiger partial charge in [0.2, 0.25) is 5.91 Å². The van der Waals surface area contributed by atoms with Crippen LogP contribution in [0.3, 0.4) is 0 Å². The molecule has 0 saturated carbocycles. The number of fused-ring (bicyclic) bond motifs is 5. The maximum Gasteiger partial charge on any atom is 0.241 e. The average Bonchev–Trinajstić information content (AvgIpc) is 3.13. The monoisotopic (exact) mass is 387 g/mol. The molecule has 1 saturated heterocycles. The van der Waals surface area contributed by atoms with E-state index in [1.54, 1.807) is 0 Å². The van der Waals surface area contributed by atoms with E-state index in [1.807, 2.05) is 48.3 Å². The fourth-order valence-corrected chi connectivity index (χ4v) is 5.94. The molecule has 4 aromatic rings. The van der Waals surface area contributed by atoms with Crippen molar-refractivity contribution < 1.29 is 4.79 Å². The molecule has 1 fully saturated rings. The number of amides is 1. The largest absolute Gasteiger partial charge is 0.329 e. The number of nitrogens with zero attached hydrogens (tertiary/aromatic N) is 1. The molecule has 30 heavy (non-hydrogen) atoms. The predicted octanol–water partition coefficient (Wildman–Crippen LogP) is 5.37. The Labute approximate surface area is 176 Å². The van der Waals surface area contributed by atoms with Crippen molar-refractivity contribution in [2.75, 3.05) is 7.05 Å². The normalized spacial score (nSPS) is 17.4. The lowest BCUT2D eigenvalue weighted by molar-refractivity contribution is -0.165. The molecule has 0 unspecified atom stereocenters. The summed E-state index contributed by atoms with van der Waals surface area (Å²) in [5, 5.41) is 0. The van der Waals surface area contributed by atoms with Gasteiger partial charge in [0.25, 0.3) is 0 Å². The number of benzene rings is 4. The number of carbonyl (C=O) groups excluding carboxylic acids is 1. The number of rotatable bonds is 2. The van der Waals surface area contributed by atoms with Crippen LogP contribution in [0.5, 0.6) is 0 Å². The van der Waals surface area contributed by atoms with Crippen LogP contribution in [0.15, 0.2) is 109 Å². The van der Waals surface area contributed by atoms with E-state index in [0.717, 1.165) is 11.1 Å². The quantitative estimate of drug-likeness (QED) is 0.424. The molecule has 0 radical (unpaired) electrons. The first-order chi connectivity index (χ1) is 14.7. The van der Waals surface area contributed by atoms with Crippen molar-refractivity contribution in [1.82, 2.24) is 4.90 Å². The van der Waals surface area contributed by atoms with E-state index in [1.165, 1.54) is 22.3 Å². The Morgan fingerprint density at radius 3 is 1.43 bits per heavy atom. The molecular formula is C28H21NO. The summed E-state index contributed by atoms with van der Waals surface area (Å²) in [4.78, 5) is 15.9. The molecule has 1 aliphatic heterocycles. The Hall–Kier alpha value is -3.65. The zero-order valence-corrected chi connectivity index (χ0v) is 16.7. The molecule has 2 heteroatoms. The van der Waals surface area contributed by atoms with Gasteiger partial charge in [-0.15, -0.1) is 0 Å². The van der Waals surface area contributed by atoms with Crippen LogP contribution in [0.4, 0.5) is 0 Å². The average molecular weight is 387 g/mol. The number of hydrogen-bond donors (Lipinski definition) is 0. The standard InChI is InChI=1S/C28H21NO/c1-29-26(30)27(20-12-4-2-5-13-20,21-14-6-3-7-15-21)28(29)24-18-10-8-16-22(24)23-17-9-11-19-25(23)28/h2-19H,1H3. The molecule has 0 N–H and O–H groups in total. The minimum absolute atomic E-state index is 0.131. The number of likely N-dealkylation sites (tertiary alicyclic amines) is 1. The Bertz CT molecular complexity index is 1190. The smallest absolute Gasteiger partial charge is 0.241 e. The molecule has 0 aromatic heterocycles. The van der Waals surface area contributed by atoms with Crippen LogP contribution < -0.4 is 0 Å². The molecule has 0 atom stereocenters. The van der Waals surface area contributed by atoms with Gasteiger partial charge in [0.05, 0.1) is 0 Å². The van der Waals surface area contributed by atoms with Crippen LogP contribution >= 0.6 is 0 Å². The van der Waals surface area contributed by atoms with Gasteiger partial charge in [-0.25, -0.2) is 0 Å². The zero-order chi connectivity index (χ0) is 20.3. The van der Waals surface area contributed by atoms with Crippen LogP contribution in [0.25, 0.3) is 11.1 Å². The van der Waals surface area contributed by atoms with Crippen molar-refractivity contribution in [2.24, 2.45) is 0 Å². The van der Waals surface area contributed by atoms with Crippen molar-refractivity contribution in [3.63, 3.8) is 0 Å². The highest BCUT2D eigenvalue weighted by Crippen LogP contribution is 2.67. The molecule has 144 valence electrons. The van der Waals surface area contributed by atoms with Crippen LogP contribution in [0, 0.1) is 0 Å². The molecule has 1 spiro atoms. The van der Waals surface area contributed by atoms with Gasteiger partial charge in [-0.1, -0.05) is 109 Å². The summed E-state index contributed by atoms with van der Waals surface area (Å²) >= 11 is 0. The second kappa shape index (κ2) is 5.93. The van der Waals surface area contributed by atoms with Crippen LogP contribution in [-0.2, 0) is 15.7 Å². The molecular weight excluding hydrogens is 366 g/mol. The van der Waals surface area contributed by atoms with Gasteiger partial charge in [0, 0.05) is 7.05 Å². The summed E-state index contributed by atoms with van der Waals surface area (Å²) in [6, 6.07) is 37.7.